The van der Waals surface area contributed by atoms with E-state index < -0.39 is 0 Å². The summed E-state index contributed by atoms with van der Waals surface area (Å²) in [5, 5.41) is 0.437. The van der Waals surface area contributed by atoms with Gasteiger partial charge in [-0.1, -0.05) is 44.5 Å². The Morgan fingerprint density at radius 2 is 1.81 bits per heavy atom. The summed E-state index contributed by atoms with van der Waals surface area (Å²) in [7, 11) is 3.59. The molecule has 21 heavy (non-hydrogen) atoms. The van der Waals surface area contributed by atoms with E-state index in [-0.39, 0.29) is 5.41 Å². The minimum absolute atomic E-state index is 0.165. The predicted octanol–water partition coefficient (Wildman–Crippen LogP) is 4.20. The third-order valence-electron chi connectivity index (χ3n) is 3.14. The van der Waals surface area contributed by atoms with Gasteiger partial charge in [-0.15, -0.1) is 0 Å². The lowest BCUT2D eigenvalue weighted by molar-refractivity contribution is 0.415. The lowest BCUT2D eigenvalue weighted by Gasteiger charge is -2.23. The summed E-state index contributed by atoms with van der Waals surface area (Å²) < 4.78 is 5.40. The molecule has 0 amide bonds. The lowest BCUT2D eigenvalue weighted by Crippen LogP contribution is -2.20. The van der Waals surface area contributed by atoms with Crippen LogP contribution in [-0.4, -0.2) is 24.1 Å². The Kier molecular flexibility index (Phi) is 4.37. The average molecular weight is 306 g/mol. The molecule has 1 aromatic carbocycles. The van der Waals surface area contributed by atoms with Crippen molar-refractivity contribution in [1.82, 2.24) is 9.97 Å². The smallest absolute Gasteiger partial charge is 0.142 e. The number of anilines is 2. The third kappa shape index (κ3) is 3.45. The molecule has 0 radical (unpaired) electrons. The second kappa shape index (κ2) is 5.90. The Morgan fingerprint density at radius 1 is 1.14 bits per heavy atom. The zero-order valence-electron chi connectivity index (χ0n) is 13.0. The predicted molar refractivity (Wildman–Crippen MR) is 86.8 cm³/mol. The zero-order valence-corrected chi connectivity index (χ0v) is 13.8. The molecule has 0 saturated carbocycles. The minimum atomic E-state index is -0.165. The normalized spacial score (nSPS) is 11.3. The molecule has 2 rings (SSSR count). The van der Waals surface area contributed by atoms with Crippen molar-refractivity contribution in [3.05, 3.63) is 41.3 Å². The molecule has 0 spiro atoms. The van der Waals surface area contributed by atoms with Crippen molar-refractivity contribution in [2.45, 2.75) is 26.2 Å². The van der Waals surface area contributed by atoms with Crippen LogP contribution in [0.25, 0.3) is 0 Å². The second-order valence-corrected chi connectivity index (χ2v) is 6.24. The first-order valence-corrected chi connectivity index (χ1v) is 7.12. The quantitative estimate of drug-likeness (QED) is 0.796. The van der Waals surface area contributed by atoms with Gasteiger partial charge in [-0.25, -0.2) is 9.97 Å². The van der Waals surface area contributed by atoms with E-state index in [1.807, 2.05) is 36.2 Å². The van der Waals surface area contributed by atoms with Crippen LogP contribution in [0.5, 0.6) is 5.75 Å². The van der Waals surface area contributed by atoms with Crippen molar-refractivity contribution >= 4 is 23.1 Å². The molecule has 1 heterocycles. The SMILES string of the molecule is COc1ccccc1N(C)c1cc(Cl)nc(C(C)(C)C)n1. The van der Waals surface area contributed by atoms with Gasteiger partial charge in [0.2, 0.25) is 0 Å². The molecule has 5 heteroatoms. The van der Waals surface area contributed by atoms with Crippen LogP contribution in [-0.2, 0) is 5.41 Å². The molecule has 1 aromatic heterocycles. The minimum Gasteiger partial charge on any atom is -0.495 e. The fourth-order valence-corrected chi connectivity index (χ4v) is 2.12. The average Bonchev–Trinajstić information content (AvgIpc) is 2.45. The number of nitrogens with zero attached hydrogens (tertiary/aromatic N) is 3. The standard InChI is InChI=1S/C16H20ClN3O/c1-16(2,3)15-18-13(17)10-14(19-15)20(4)11-8-6-7-9-12(11)21-5/h6-10H,1-5H3. The molecular formula is C16H20ClN3O. The van der Waals surface area contributed by atoms with Crippen molar-refractivity contribution in [2.75, 3.05) is 19.1 Å². The Hall–Kier alpha value is -1.81. The van der Waals surface area contributed by atoms with Gasteiger partial charge >= 0.3 is 0 Å². The largest absolute Gasteiger partial charge is 0.495 e. The second-order valence-electron chi connectivity index (χ2n) is 5.85. The molecule has 0 aliphatic heterocycles. The van der Waals surface area contributed by atoms with Crippen LogP contribution in [0.1, 0.15) is 26.6 Å². The summed E-state index contributed by atoms with van der Waals surface area (Å²) >= 11 is 6.15. The maximum absolute atomic E-state index is 6.15. The number of hydrogen-bond donors (Lipinski definition) is 0. The Morgan fingerprint density at radius 3 is 2.43 bits per heavy atom. The Labute approximate surface area is 130 Å². The van der Waals surface area contributed by atoms with E-state index in [2.05, 4.69) is 30.7 Å². The first-order valence-electron chi connectivity index (χ1n) is 6.74. The van der Waals surface area contributed by atoms with Crippen LogP contribution in [0.4, 0.5) is 11.5 Å². The highest BCUT2D eigenvalue weighted by atomic mass is 35.5. The monoisotopic (exact) mass is 305 g/mol. The van der Waals surface area contributed by atoms with Gasteiger partial charge in [0.05, 0.1) is 12.8 Å². The van der Waals surface area contributed by atoms with Crippen LogP contribution in [0.15, 0.2) is 30.3 Å². The molecule has 0 unspecified atom stereocenters. The van der Waals surface area contributed by atoms with Crippen LogP contribution in [0, 0.1) is 0 Å². The van der Waals surface area contributed by atoms with Gasteiger partial charge in [0.25, 0.3) is 0 Å². The molecule has 0 aliphatic carbocycles. The molecule has 112 valence electrons. The van der Waals surface area contributed by atoms with Gasteiger partial charge in [0, 0.05) is 18.5 Å². The number of methoxy groups -OCH3 is 1. The first-order chi connectivity index (χ1) is 9.82. The van der Waals surface area contributed by atoms with Crippen molar-refractivity contribution < 1.29 is 4.74 Å². The summed E-state index contributed by atoms with van der Waals surface area (Å²) in [4.78, 5) is 10.9. The lowest BCUT2D eigenvalue weighted by atomic mass is 9.96. The molecule has 2 aromatic rings. The Bertz CT molecular complexity index is 638. The number of halogens is 1. The Balaban J connectivity index is 2.48. The highest BCUT2D eigenvalue weighted by molar-refractivity contribution is 6.29. The maximum atomic E-state index is 6.15. The van der Waals surface area contributed by atoms with Crippen molar-refractivity contribution in [1.29, 1.82) is 0 Å². The van der Waals surface area contributed by atoms with E-state index in [0.29, 0.717) is 11.0 Å². The van der Waals surface area contributed by atoms with E-state index in [4.69, 9.17) is 16.3 Å². The maximum Gasteiger partial charge on any atom is 0.142 e. The summed E-state index contributed by atoms with van der Waals surface area (Å²) in [6.07, 6.45) is 0. The topological polar surface area (TPSA) is 38.2 Å². The summed E-state index contributed by atoms with van der Waals surface area (Å²) in [5.74, 6) is 2.24. The third-order valence-corrected chi connectivity index (χ3v) is 3.34. The number of benzene rings is 1. The van der Waals surface area contributed by atoms with Gasteiger partial charge in [0.15, 0.2) is 0 Å². The molecule has 0 aliphatic rings. The summed E-state index contributed by atoms with van der Waals surface area (Å²) in [6, 6.07) is 9.54. The number of ether oxygens (including phenoxy) is 1. The highest BCUT2D eigenvalue weighted by Crippen LogP contribution is 2.33. The van der Waals surface area contributed by atoms with E-state index >= 15 is 0 Å². The highest BCUT2D eigenvalue weighted by Gasteiger charge is 2.20. The van der Waals surface area contributed by atoms with E-state index in [1.54, 1.807) is 13.2 Å². The van der Waals surface area contributed by atoms with E-state index in [1.165, 1.54) is 0 Å². The number of para-hydroxylation sites is 2. The van der Waals surface area contributed by atoms with Crippen molar-refractivity contribution in [3.8, 4) is 5.75 Å². The fraction of sp³-hybridized carbons (Fsp3) is 0.375. The van der Waals surface area contributed by atoms with Crippen molar-refractivity contribution in [3.63, 3.8) is 0 Å². The molecule has 0 atom stereocenters. The molecule has 0 N–H and O–H groups in total. The summed E-state index contributed by atoms with van der Waals surface area (Å²) in [5.41, 5.74) is 0.760. The number of rotatable bonds is 3. The van der Waals surface area contributed by atoms with Crippen LogP contribution in [0.2, 0.25) is 5.15 Å². The number of aromatic nitrogens is 2. The van der Waals surface area contributed by atoms with Gasteiger partial charge < -0.3 is 9.64 Å². The van der Waals surface area contributed by atoms with Crippen molar-refractivity contribution in [2.24, 2.45) is 0 Å². The molecule has 4 nitrogen and oxygen atoms in total. The first kappa shape index (κ1) is 15.6. The zero-order chi connectivity index (χ0) is 15.6. The van der Waals surface area contributed by atoms with Gasteiger partial charge in [-0.3, -0.25) is 0 Å². The molecule has 0 saturated heterocycles. The van der Waals surface area contributed by atoms with Gasteiger partial charge in [-0.2, -0.15) is 0 Å². The summed E-state index contributed by atoms with van der Waals surface area (Å²) in [6.45, 7) is 6.18. The van der Waals surface area contributed by atoms with Crippen LogP contribution in [0.3, 0.4) is 0 Å². The van der Waals surface area contributed by atoms with E-state index in [9.17, 15) is 0 Å². The number of hydrogen-bond acceptors (Lipinski definition) is 4. The molecular weight excluding hydrogens is 286 g/mol. The van der Waals surface area contributed by atoms with E-state index in [0.717, 1.165) is 17.3 Å². The molecule has 0 fully saturated rings. The molecule has 0 bridgehead atoms. The van der Waals surface area contributed by atoms with Crippen LogP contribution >= 0.6 is 11.6 Å². The fourth-order valence-electron chi connectivity index (χ4n) is 1.94. The van der Waals surface area contributed by atoms with Crippen LogP contribution < -0.4 is 9.64 Å². The van der Waals surface area contributed by atoms with Gasteiger partial charge in [0.1, 0.15) is 22.5 Å². The van der Waals surface area contributed by atoms with Gasteiger partial charge in [-0.05, 0) is 12.1 Å².